The van der Waals surface area contributed by atoms with Crippen LogP contribution in [0.2, 0.25) is 0 Å². The van der Waals surface area contributed by atoms with Gasteiger partial charge in [0.1, 0.15) is 5.76 Å². The lowest BCUT2D eigenvalue weighted by atomic mass is 10.1. The van der Waals surface area contributed by atoms with Crippen molar-refractivity contribution in [2.24, 2.45) is 0 Å². The average Bonchev–Trinajstić information content (AvgIpc) is 3.07. The third kappa shape index (κ3) is 4.16. The molecule has 0 fully saturated rings. The molecule has 3 rings (SSSR count). The fraction of sp³-hybridized carbons (Fsp3) is 0. The van der Waals surface area contributed by atoms with Crippen molar-refractivity contribution >= 4 is 29.1 Å². The van der Waals surface area contributed by atoms with E-state index in [1.165, 1.54) is 23.9 Å². The molecule has 0 atom stereocenters. The second-order valence-corrected chi connectivity index (χ2v) is 6.12. The van der Waals surface area contributed by atoms with E-state index in [4.69, 9.17) is 4.42 Å². The van der Waals surface area contributed by atoms with Gasteiger partial charge in [0.15, 0.2) is 5.09 Å². The van der Waals surface area contributed by atoms with Gasteiger partial charge in [0, 0.05) is 17.0 Å². The summed E-state index contributed by atoms with van der Waals surface area (Å²) in [5.41, 5.74) is 0.961. The SMILES string of the molecule is N#C/C(=C/c1ccc(Sc2ccccc2)o1)c1ccc([N+](=O)[O-])cc1. The van der Waals surface area contributed by atoms with Gasteiger partial charge in [-0.25, -0.2) is 0 Å². The van der Waals surface area contributed by atoms with E-state index in [0.29, 0.717) is 16.9 Å². The number of rotatable bonds is 5. The van der Waals surface area contributed by atoms with Crippen LogP contribution >= 0.6 is 11.8 Å². The first-order chi connectivity index (χ1) is 12.2. The zero-order chi connectivity index (χ0) is 17.6. The van der Waals surface area contributed by atoms with Crippen molar-refractivity contribution in [3.63, 3.8) is 0 Å². The third-order valence-corrected chi connectivity index (χ3v) is 4.29. The fourth-order valence-electron chi connectivity index (χ4n) is 2.16. The summed E-state index contributed by atoms with van der Waals surface area (Å²) in [6.07, 6.45) is 1.62. The van der Waals surface area contributed by atoms with Crippen molar-refractivity contribution in [3.05, 3.63) is 88.2 Å². The van der Waals surface area contributed by atoms with E-state index < -0.39 is 4.92 Å². The van der Waals surface area contributed by atoms with Gasteiger partial charge >= 0.3 is 0 Å². The van der Waals surface area contributed by atoms with E-state index in [9.17, 15) is 15.4 Å². The Labute approximate surface area is 148 Å². The average molecular weight is 348 g/mol. The first-order valence-corrected chi connectivity index (χ1v) is 8.17. The maximum atomic E-state index is 10.7. The number of non-ortho nitro benzene ring substituents is 1. The molecular weight excluding hydrogens is 336 g/mol. The second-order valence-electron chi connectivity index (χ2n) is 5.05. The molecule has 6 heteroatoms. The lowest BCUT2D eigenvalue weighted by molar-refractivity contribution is -0.384. The highest BCUT2D eigenvalue weighted by Gasteiger charge is 2.08. The summed E-state index contributed by atoms with van der Waals surface area (Å²) in [6, 6.07) is 21.4. The first-order valence-electron chi connectivity index (χ1n) is 7.35. The molecule has 0 saturated heterocycles. The number of furan rings is 1. The predicted molar refractivity (Wildman–Crippen MR) is 95.9 cm³/mol. The molecule has 122 valence electrons. The van der Waals surface area contributed by atoms with Crippen molar-refractivity contribution in [1.82, 2.24) is 0 Å². The van der Waals surface area contributed by atoms with E-state index >= 15 is 0 Å². The highest BCUT2D eigenvalue weighted by atomic mass is 32.2. The van der Waals surface area contributed by atoms with Crippen LogP contribution in [-0.2, 0) is 0 Å². The van der Waals surface area contributed by atoms with Crippen molar-refractivity contribution in [2.45, 2.75) is 9.99 Å². The molecule has 25 heavy (non-hydrogen) atoms. The minimum atomic E-state index is -0.473. The fourth-order valence-corrected chi connectivity index (χ4v) is 2.96. The number of nitro groups is 1. The van der Waals surface area contributed by atoms with Gasteiger partial charge in [0.05, 0.1) is 16.6 Å². The van der Waals surface area contributed by atoms with E-state index in [0.717, 1.165) is 9.99 Å². The molecule has 5 nitrogen and oxygen atoms in total. The summed E-state index contributed by atoms with van der Waals surface area (Å²) in [5, 5.41) is 20.8. The van der Waals surface area contributed by atoms with Gasteiger partial charge in [-0.3, -0.25) is 10.1 Å². The number of hydrogen-bond donors (Lipinski definition) is 0. The normalized spacial score (nSPS) is 11.1. The minimum absolute atomic E-state index is 0.0133. The zero-order valence-electron chi connectivity index (χ0n) is 13.0. The van der Waals surface area contributed by atoms with Gasteiger partial charge in [-0.15, -0.1) is 0 Å². The van der Waals surface area contributed by atoms with Crippen LogP contribution in [0.4, 0.5) is 5.69 Å². The summed E-state index contributed by atoms with van der Waals surface area (Å²) in [6.45, 7) is 0. The van der Waals surface area contributed by atoms with Gasteiger partial charge in [0.25, 0.3) is 5.69 Å². The molecule has 0 amide bonds. The lowest BCUT2D eigenvalue weighted by Crippen LogP contribution is -1.88. The zero-order valence-corrected chi connectivity index (χ0v) is 13.8. The van der Waals surface area contributed by atoms with E-state index in [-0.39, 0.29) is 5.69 Å². The molecule has 0 N–H and O–H groups in total. The van der Waals surface area contributed by atoms with Gasteiger partial charge in [-0.1, -0.05) is 30.0 Å². The Hall–Kier alpha value is -3.30. The molecule has 3 aromatic rings. The smallest absolute Gasteiger partial charge is 0.269 e. The molecule has 0 aliphatic heterocycles. The summed E-state index contributed by atoms with van der Waals surface area (Å²) >= 11 is 1.49. The maximum absolute atomic E-state index is 10.7. The Balaban J connectivity index is 1.81. The molecule has 0 aliphatic carbocycles. The number of hydrogen-bond acceptors (Lipinski definition) is 5. The predicted octanol–water partition coefficient (Wildman–Crippen LogP) is 5.40. The summed E-state index contributed by atoms with van der Waals surface area (Å²) < 4.78 is 5.73. The topological polar surface area (TPSA) is 80.1 Å². The van der Waals surface area contributed by atoms with Crippen LogP contribution in [0.5, 0.6) is 0 Å². The number of nitrogens with zero attached hydrogens (tertiary/aromatic N) is 2. The number of allylic oxidation sites excluding steroid dienone is 1. The number of nitro benzene ring substituents is 1. The number of benzene rings is 2. The molecule has 0 aliphatic rings. The van der Waals surface area contributed by atoms with E-state index in [2.05, 4.69) is 6.07 Å². The second kappa shape index (κ2) is 7.51. The van der Waals surface area contributed by atoms with E-state index in [1.54, 1.807) is 24.3 Å². The summed E-state index contributed by atoms with van der Waals surface area (Å²) in [7, 11) is 0. The molecule has 0 unspecified atom stereocenters. The molecule has 0 radical (unpaired) electrons. The van der Waals surface area contributed by atoms with Crippen LogP contribution in [0.3, 0.4) is 0 Å². The van der Waals surface area contributed by atoms with Crippen LogP contribution < -0.4 is 0 Å². The molecule has 2 aromatic carbocycles. The maximum Gasteiger partial charge on any atom is 0.269 e. The first kappa shape index (κ1) is 16.6. The van der Waals surface area contributed by atoms with Crippen molar-refractivity contribution in [1.29, 1.82) is 5.26 Å². The summed E-state index contributed by atoms with van der Waals surface area (Å²) in [5.74, 6) is 0.549. The standard InChI is InChI=1S/C19H12N2O3S/c20-13-15(14-6-8-16(9-7-14)21(22)23)12-17-10-11-19(24-17)25-18-4-2-1-3-5-18/h1-12H/b15-12-. The van der Waals surface area contributed by atoms with Crippen molar-refractivity contribution in [2.75, 3.05) is 0 Å². The van der Waals surface area contributed by atoms with Crippen LogP contribution in [0.1, 0.15) is 11.3 Å². The Morgan fingerprint density at radius 3 is 2.44 bits per heavy atom. The van der Waals surface area contributed by atoms with Gasteiger partial charge < -0.3 is 4.42 Å². The van der Waals surface area contributed by atoms with Crippen molar-refractivity contribution < 1.29 is 9.34 Å². The third-order valence-electron chi connectivity index (χ3n) is 3.36. The van der Waals surface area contributed by atoms with Crippen LogP contribution in [-0.4, -0.2) is 4.92 Å². The monoisotopic (exact) mass is 348 g/mol. The van der Waals surface area contributed by atoms with Gasteiger partial charge in [-0.05, 0) is 48.0 Å². The van der Waals surface area contributed by atoms with Gasteiger partial charge in [0.2, 0.25) is 0 Å². The molecule has 0 saturated carbocycles. The van der Waals surface area contributed by atoms with E-state index in [1.807, 2.05) is 36.4 Å². The molecule has 0 spiro atoms. The quantitative estimate of drug-likeness (QED) is 0.350. The van der Waals surface area contributed by atoms with Crippen LogP contribution in [0.25, 0.3) is 11.6 Å². The lowest BCUT2D eigenvalue weighted by Gasteiger charge is -1.99. The van der Waals surface area contributed by atoms with Crippen LogP contribution in [0, 0.1) is 21.4 Å². The van der Waals surface area contributed by atoms with Crippen molar-refractivity contribution in [3.8, 4) is 6.07 Å². The molecule has 1 heterocycles. The highest BCUT2D eigenvalue weighted by molar-refractivity contribution is 7.99. The molecule has 0 bridgehead atoms. The van der Waals surface area contributed by atoms with Gasteiger partial charge in [-0.2, -0.15) is 5.26 Å². The summed E-state index contributed by atoms with van der Waals surface area (Å²) in [4.78, 5) is 11.3. The Kier molecular flexibility index (Phi) is 4.97. The Morgan fingerprint density at radius 1 is 1.08 bits per heavy atom. The highest BCUT2D eigenvalue weighted by Crippen LogP contribution is 2.30. The number of nitriles is 1. The molecule has 1 aromatic heterocycles. The Bertz CT molecular complexity index is 954. The molecular formula is C19H12N2O3S. The Morgan fingerprint density at radius 2 is 1.80 bits per heavy atom. The minimum Gasteiger partial charge on any atom is -0.450 e. The van der Waals surface area contributed by atoms with Crippen LogP contribution in [0.15, 0.2) is 81.1 Å². The largest absolute Gasteiger partial charge is 0.450 e.